The smallest absolute Gasteiger partial charge is 0.223 e. The molecular weight excluding hydrogens is 212 g/mol. The SMILES string of the molecule is CCC(C)N1CCC(C)(N2CCCC2=O)CC1. The fourth-order valence-electron chi connectivity index (χ4n) is 3.19. The summed E-state index contributed by atoms with van der Waals surface area (Å²) in [6.07, 6.45) is 5.33. The Balaban J connectivity index is 1.95. The molecule has 0 spiro atoms. The van der Waals surface area contributed by atoms with Crippen LogP contribution in [0.1, 0.15) is 52.9 Å². The van der Waals surface area contributed by atoms with E-state index in [-0.39, 0.29) is 5.54 Å². The van der Waals surface area contributed by atoms with Crippen LogP contribution >= 0.6 is 0 Å². The van der Waals surface area contributed by atoms with Crippen molar-refractivity contribution in [2.75, 3.05) is 19.6 Å². The van der Waals surface area contributed by atoms with Crippen molar-refractivity contribution in [3.8, 4) is 0 Å². The summed E-state index contributed by atoms with van der Waals surface area (Å²) in [7, 11) is 0. The van der Waals surface area contributed by atoms with E-state index in [0.717, 1.165) is 45.3 Å². The van der Waals surface area contributed by atoms with Gasteiger partial charge >= 0.3 is 0 Å². The molecule has 1 atom stereocenters. The quantitative estimate of drug-likeness (QED) is 0.753. The summed E-state index contributed by atoms with van der Waals surface area (Å²) in [4.78, 5) is 16.6. The van der Waals surface area contributed by atoms with E-state index in [2.05, 4.69) is 30.6 Å². The van der Waals surface area contributed by atoms with Crippen molar-refractivity contribution < 1.29 is 4.79 Å². The van der Waals surface area contributed by atoms with Crippen molar-refractivity contribution >= 4 is 5.91 Å². The monoisotopic (exact) mass is 238 g/mol. The standard InChI is InChI=1S/C14H26N2O/c1-4-12(2)15-10-7-14(3,8-11-15)16-9-5-6-13(16)17/h12H,4-11H2,1-3H3. The second-order valence-electron chi connectivity index (χ2n) is 5.94. The van der Waals surface area contributed by atoms with Gasteiger partial charge in [0.25, 0.3) is 0 Å². The fraction of sp³-hybridized carbons (Fsp3) is 0.929. The van der Waals surface area contributed by atoms with E-state index >= 15 is 0 Å². The Hall–Kier alpha value is -0.570. The van der Waals surface area contributed by atoms with Crippen LogP contribution in [0.25, 0.3) is 0 Å². The van der Waals surface area contributed by atoms with Crippen LogP contribution in [0.5, 0.6) is 0 Å². The molecular formula is C14H26N2O. The van der Waals surface area contributed by atoms with Crippen LogP contribution in [-0.2, 0) is 4.79 Å². The second-order valence-corrected chi connectivity index (χ2v) is 5.94. The molecule has 0 saturated carbocycles. The van der Waals surface area contributed by atoms with Gasteiger partial charge < -0.3 is 9.80 Å². The first-order valence-corrected chi connectivity index (χ1v) is 7.11. The number of piperidine rings is 1. The maximum Gasteiger partial charge on any atom is 0.223 e. The third-order valence-corrected chi connectivity index (χ3v) is 4.81. The molecule has 2 heterocycles. The number of hydrogen-bond donors (Lipinski definition) is 0. The number of rotatable bonds is 3. The van der Waals surface area contributed by atoms with Gasteiger partial charge in [-0.3, -0.25) is 4.79 Å². The van der Waals surface area contributed by atoms with E-state index in [1.165, 1.54) is 6.42 Å². The molecule has 2 aliphatic rings. The molecule has 0 aromatic heterocycles. The maximum atomic E-state index is 11.9. The lowest BCUT2D eigenvalue weighted by atomic mass is 9.87. The summed E-state index contributed by atoms with van der Waals surface area (Å²) >= 11 is 0. The predicted octanol–water partition coefficient (Wildman–Crippen LogP) is 2.26. The number of carbonyl (C=O) groups is 1. The summed E-state index contributed by atoms with van der Waals surface area (Å²) in [5.74, 6) is 0.379. The number of amides is 1. The Kier molecular flexibility index (Phi) is 3.76. The van der Waals surface area contributed by atoms with Crippen molar-refractivity contribution in [1.82, 2.24) is 9.80 Å². The topological polar surface area (TPSA) is 23.6 Å². The van der Waals surface area contributed by atoms with Gasteiger partial charge in [-0.05, 0) is 39.5 Å². The van der Waals surface area contributed by atoms with Crippen LogP contribution in [0.15, 0.2) is 0 Å². The molecule has 2 rings (SSSR count). The number of carbonyl (C=O) groups excluding carboxylic acids is 1. The summed E-state index contributed by atoms with van der Waals surface area (Å²) in [6, 6.07) is 0.689. The molecule has 98 valence electrons. The van der Waals surface area contributed by atoms with Gasteiger partial charge in [-0.25, -0.2) is 0 Å². The lowest BCUT2D eigenvalue weighted by molar-refractivity contribution is -0.134. The summed E-state index contributed by atoms with van der Waals surface area (Å²) in [5, 5.41) is 0. The third kappa shape index (κ3) is 2.49. The first kappa shape index (κ1) is 12.9. The highest BCUT2D eigenvalue weighted by atomic mass is 16.2. The second kappa shape index (κ2) is 4.97. The van der Waals surface area contributed by atoms with Crippen molar-refractivity contribution in [3.63, 3.8) is 0 Å². The zero-order chi connectivity index (χ0) is 12.5. The van der Waals surface area contributed by atoms with Gasteiger partial charge in [-0.1, -0.05) is 6.92 Å². The Morgan fingerprint density at radius 1 is 1.29 bits per heavy atom. The van der Waals surface area contributed by atoms with Crippen molar-refractivity contribution in [1.29, 1.82) is 0 Å². The number of likely N-dealkylation sites (tertiary alicyclic amines) is 2. The van der Waals surface area contributed by atoms with E-state index in [1.54, 1.807) is 0 Å². The largest absolute Gasteiger partial charge is 0.337 e. The Bertz CT molecular complexity index is 282. The van der Waals surface area contributed by atoms with Gasteiger partial charge in [-0.15, -0.1) is 0 Å². The number of hydrogen-bond acceptors (Lipinski definition) is 2. The molecule has 0 N–H and O–H groups in total. The molecule has 0 bridgehead atoms. The van der Waals surface area contributed by atoms with Gasteiger partial charge in [-0.2, -0.15) is 0 Å². The molecule has 2 aliphatic heterocycles. The minimum Gasteiger partial charge on any atom is -0.337 e. The molecule has 3 nitrogen and oxygen atoms in total. The van der Waals surface area contributed by atoms with Crippen molar-refractivity contribution in [2.24, 2.45) is 0 Å². The molecule has 1 unspecified atom stereocenters. The van der Waals surface area contributed by atoms with Gasteiger partial charge in [0.2, 0.25) is 5.91 Å². The van der Waals surface area contributed by atoms with Gasteiger partial charge in [0.15, 0.2) is 0 Å². The summed E-state index contributed by atoms with van der Waals surface area (Å²) < 4.78 is 0. The highest BCUT2D eigenvalue weighted by Crippen LogP contribution is 2.32. The van der Waals surface area contributed by atoms with E-state index in [4.69, 9.17) is 0 Å². The molecule has 1 amide bonds. The van der Waals surface area contributed by atoms with Crippen LogP contribution in [0.2, 0.25) is 0 Å². The zero-order valence-electron chi connectivity index (χ0n) is 11.5. The van der Waals surface area contributed by atoms with Crippen LogP contribution in [0.3, 0.4) is 0 Å². The van der Waals surface area contributed by atoms with E-state index < -0.39 is 0 Å². The van der Waals surface area contributed by atoms with Crippen molar-refractivity contribution in [2.45, 2.75) is 64.5 Å². The molecule has 0 aliphatic carbocycles. The van der Waals surface area contributed by atoms with Gasteiger partial charge in [0, 0.05) is 37.6 Å². The highest BCUT2D eigenvalue weighted by molar-refractivity contribution is 5.79. The molecule has 0 radical (unpaired) electrons. The zero-order valence-corrected chi connectivity index (χ0v) is 11.5. The van der Waals surface area contributed by atoms with Crippen LogP contribution < -0.4 is 0 Å². The minimum absolute atomic E-state index is 0.136. The first-order chi connectivity index (χ1) is 8.07. The Morgan fingerprint density at radius 3 is 2.41 bits per heavy atom. The Labute approximate surface area is 105 Å². The fourth-order valence-corrected chi connectivity index (χ4v) is 3.19. The average Bonchev–Trinajstić information content (AvgIpc) is 2.76. The van der Waals surface area contributed by atoms with Gasteiger partial charge in [0.1, 0.15) is 0 Å². The molecule has 3 heteroatoms. The van der Waals surface area contributed by atoms with Crippen LogP contribution in [0.4, 0.5) is 0 Å². The van der Waals surface area contributed by atoms with Crippen LogP contribution in [0, 0.1) is 0 Å². The maximum absolute atomic E-state index is 11.9. The molecule has 2 fully saturated rings. The predicted molar refractivity (Wildman–Crippen MR) is 69.9 cm³/mol. The summed E-state index contributed by atoms with van der Waals surface area (Å²) in [5.41, 5.74) is 0.136. The molecule has 0 aromatic rings. The molecule has 0 aromatic carbocycles. The van der Waals surface area contributed by atoms with E-state index in [0.29, 0.717) is 11.9 Å². The third-order valence-electron chi connectivity index (χ3n) is 4.81. The first-order valence-electron chi connectivity index (χ1n) is 7.11. The lowest BCUT2D eigenvalue weighted by Crippen LogP contribution is -2.55. The lowest BCUT2D eigenvalue weighted by Gasteiger charge is -2.46. The summed E-state index contributed by atoms with van der Waals surface area (Å²) in [6.45, 7) is 10.1. The van der Waals surface area contributed by atoms with E-state index in [9.17, 15) is 4.79 Å². The van der Waals surface area contributed by atoms with Crippen molar-refractivity contribution in [3.05, 3.63) is 0 Å². The Morgan fingerprint density at radius 2 is 1.94 bits per heavy atom. The average molecular weight is 238 g/mol. The number of nitrogens with zero attached hydrogens (tertiary/aromatic N) is 2. The van der Waals surface area contributed by atoms with Crippen LogP contribution in [-0.4, -0.2) is 46.9 Å². The molecule has 17 heavy (non-hydrogen) atoms. The highest BCUT2D eigenvalue weighted by Gasteiger charge is 2.40. The van der Waals surface area contributed by atoms with E-state index in [1.807, 2.05) is 0 Å². The minimum atomic E-state index is 0.136. The normalized spacial score (nSPS) is 27.5. The van der Waals surface area contributed by atoms with Gasteiger partial charge in [0.05, 0.1) is 0 Å². The molecule has 2 saturated heterocycles.